The number of aromatic nitrogens is 1. The monoisotopic (exact) mass is 399 g/mol. The van der Waals surface area contributed by atoms with Crippen molar-refractivity contribution < 1.29 is 8.42 Å². The number of hydrogen-bond acceptors (Lipinski definition) is 4. The average Bonchev–Trinajstić information content (AvgIpc) is 3.19. The zero-order valence-electron chi connectivity index (χ0n) is 16.8. The van der Waals surface area contributed by atoms with Crippen LogP contribution in [0, 0.1) is 13.8 Å². The van der Waals surface area contributed by atoms with E-state index in [0.717, 1.165) is 48.4 Å². The predicted molar refractivity (Wildman–Crippen MR) is 112 cm³/mol. The smallest absolute Gasteiger partial charge is 0.243 e. The molecule has 0 unspecified atom stereocenters. The molecule has 0 aliphatic carbocycles. The molecule has 1 aromatic heterocycles. The van der Waals surface area contributed by atoms with E-state index in [4.69, 9.17) is 4.98 Å². The van der Waals surface area contributed by atoms with Crippen LogP contribution in [-0.2, 0) is 10.0 Å². The van der Waals surface area contributed by atoms with Crippen molar-refractivity contribution in [1.82, 2.24) is 9.29 Å². The number of benzene rings is 1. The summed E-state index contributed by atoms with van der Waals surface area (Å²) in [7, 11) is -3.50. The van der Waals surface area contributed by atoms with E-state index in [1.54, 1.807) is 16.4 Å². The van der Waals surface area contributed by atoms with Crippen molar-refractivity contribution in [2.45, 2.75) is 56.9 Å². The van der Waals surface area contributed by atoms with Crippen LogP contribution in [0.4, 0.5) is 5.82 Å². The number of piperidine rings is 1. The van der Waals surface area contributed by atoms with Crippen molar-refractivity contribution in [3.8, 4) is 0 Å². The summed E-state index contributed by atoms with van der Waals surface area (Å²) in [5, 5.41) is 0. The first-order chi connectivity index (χ1) is 13.5. The molecule has 1 aromatic carbocycles. The highest BCUT2D eigenvalue weighted by Crippen LogP contribution is 2.38. The molecule has 28 heavy (non-hydrogen) atoms. The third kappa shape index (κ3) is 3.67. The Labute approximate surface area is 168 Å². The molecule has 0 radical (unpaired) electrons. The van der Waals surface area contributed by atoms with Gasteiger partial charge in [0.25, 0.3) is 0 Å². The highest BCUT2D eigenvalue weighted by Gasteiger charge is 2.37. The van der Waals surface area contributed by atoms with E-state index >= 15 is 0 Å². The lowest BCUT2D eigenvalue weighted by Crippen LogP contribution is -2.32. The summed E-state index contributed by atoms with van der Waals surface area (Å²) in [5.41, 5.74) is 3.23. The summed E-state index contributed by atoms with van der Waals surface area (Å²) in [6.45, 7) is 6.73. The maximum atomic E-state index is 13.3. The Bertz CT molecular complexity index is 935. The molecule has 2 aromatic rings. The Balaban J connectivity index is 1.62. The highest BCUT2D eigenvalue weighted by molar-refractivity contribution is 7.89. The first-order valence-electron chi connectivity index (χ1n) is 10.3. The normalized spacial score (nSPS) is 21.2. The van der Waals surface area contributed by atoms with Crippen LogP contribution < -0.4 is 4.90 Å². The van der Waals surface area contributed by atoms with Crippen LogP contribution in [0.1, 0.15) is 54.8 Å². The van der Waals surface area contributed by atoms with E-state index in [9.17, 15) is 8.42 Å². The molecule has 150 valence electrons. The second-order valence-corrected chi connectivity index (χ2v) is 9.92. The largest absolute Gasteiger partial charge is 0.357 e. The quantitative estimate of drug-likeness (QED) is 0.773. The van der Waals surface area contributed by atoms with Crippen molar-refractivity contribution >= 4 is 15.8 Å². The van der Waals surface area contributed by atoms with Crippen molar-refractivity contribution in [3.05, 3.63) is 53.2 Å². The Morgan fingerprint density at radius 3 is 2.36 bits per heavy atom. The summed E-state index contributed by atoms with van der Waals surface area (Å²) < 4.78 is 28.2. The third-order valence-electron chi connectivity index (χ3n) is 6.01. The molecule has 6 heteroatoms. The minimum Gasteiger partial charge on any atom is -0.357 e. The van der Waals surface area contributed by atoms with Gasteiger partial charge in [0.1, 0.15) is 5.82 Å². The van der Waals surface area contributed by atoms with Gasteiger partial charge in [0.05, 0.1) is 10.9 Å². The van der Waals surface area contributed by atoms with Crippen LogP contribution in [-0.4, -0.2) is 37.3 Å². The molecule has 5 nitrogen and oxygen atoms in total. The molecule has 0 N–H and O–H groups in total. The van der Waals surface area contributed by atoms with Gasteiger partial charge in [0, 0.05) is 25.8 Å². The van der Waals surface area contributed by atoms with Gasteiger partial charge in [-0.15, -0.1) is 0 Å². The predicted octanol–water partition coefficient (Wildman–Crippen LogP) is 4.21. The van der Waals surface area contributed by atoms with E-state index in [0.29, 0.717) is 11.4 Å². The van der Waals surface area contributed by atoms with Gasteiger partial charge in [-0.1, -0.05) is 17.7 Å². The zero-order chi connectivity index (χ0) is 19.7. The summed E-state index contributed by atoms with van der Waals surface area (Å²) >= 11 is 0. The molecule has 2 aliphatic heterocycles. The second-order valence-electron chi connectivity index (χ2n) is 8.03. The lowest BCUT2D eigenvalue weighted by molar-refractivity contribution is 0.395. The van der Waals surface area contributed by atoms with Gasteiger partial charge in [0.2, 0.25) is 10.0 Å². The number of hydrogen-bond donors (Lipinski definition) is 0. The van der Waals surface area contributed by atoms with Gasteiger partial charge >= 0.3 is 0 Å². The van der Waals surface area contributed by atoms with Crippen LogP contribution in [0.2, 0.25) is 0 Å². The highest BCUT2D eigenvalue weighted by atomic mass is 32.2. The molecule has 2 aliphatic rings. The number of nitrogens with zero attached hydrogens (tertiary/aromatic N) is 3. The fourth-order valence-electron chi connectivity index (χ4n) is 4.38. The Morgan fingerprint density at radius 2 is 1.68 bits per heavy atom. The molecule has 0 amide bonds. The summed E-state index contributed by atoms with van der Waals surface area (Å²) in [5.74, 6) is 1.02. The van der Waals surface area contributed by atoms with Crippen LogP contribution in [0.5, 0.6) is 0 Å². The third-order valence-corrected chi connectivity index (χ3v) is 7.93. The molecule has 2 saturated heterocycles. The van der Waals surface area contributed by atoms with Gasteiger partial charge in [-0.05, 0) is 75.3 Å². The number of sulfonamides is 1. The van der Waals surface area contributed by atoms with E-state index in [-0.39, 0.29) is 6.04 Å². The van der Waals surface area contributed by atoms with Gasteiger partial charge in [0.15, 0.2) is 0 Å². The fourth-order valence-corrected chi connectivity index (χ4v) is 6.06. The van der Waals surface area contributed by atoms with Crippen LogP contribution in [0.3, 0.4) is 0 Å². The Hall–Kier alpha value is -1.92. The number of aryl methyl sites for hydroxylation is 2. The molecule has 1 atom stereocenters. The fraction of sp³-hybridized carbons (Fsp3) is 0.500. The Morgan fingerprint density at radius 1 is 0.964 bits per heavy atom. The summed E-state index contributed by atoms with van der Waals surface area (Å²) in [4.78, 5) is 7.43. The van der Waals surface area contributed by atoms with E-state index in [1.807, 2.05) is 25.3 Å². The lowest BCUT2D eigenvalue weighted by atomic mass is 10.0. The maximum Gasteiger partial charge on any atom is 0.243 e. The van der Waals surface area contributed by atoms with Crippen molar-refractivity contribution in [2.75, 3.05) is 24.5 Å². The molecule has 0 saturated carbocycles. The molecular formula is C22H29N3O2S. The second kappa shape index (κ2) is 7.84. The lowest BCUT2D eigenvalue weighted by Gasteiger charge is -2.29. The van der Waals surface area contributed by atoms with E-state index < -0.39 is 10.0 Å². The van der Waals surface area contributed by atoms with Crippen LogP contribution in [0.25, 0.3) is 0 Å². The standard InChI is InChI=1S/C22H29N3O2S/c1-17-8-10-19(11-9-17)28(26,27)25-14-6-7-21(25)20-16-23-22(15-18(20)2)24-12-4-3-5-13-24/h8-11,15-16,21H,3-7,12-14H2,1-2H3/t21-/m1/s1. The first kappa shape index (κ1) is 19.4. The van der Waals surface area contributed by atoms with E-state index in [2.05, 4.69) is 17.9 Å². The van der Waals surface area contributed by atoms with Crippen molar-refractivity contribution in [1.29, 1.82) is 0 Å². The van der Waals surface area contributed by atoms with Crippen LogP contribution >= 0.6 is 0 Å². The van der Waals surface area contributed by atoms with Gasteiger partial charge in [-0.25, -0.2) is 13.4 Å². The van der Waals surface area contributed by atoms with Crippen molar-refractivity contribution in [2.24, 2.45) is 0 Å². The molecule has 3 heterocycles. The summed E-state index contributed by atoms with van der Waals surface area (Å²) in [6.07, 6.45) is 7.36. The van der Waals surface area contributed by atoms with Crippen LogP contribution in [0.15, 0.2) is 41.4 Å². The minimum atomic E-state index is -3.50. The SMILES string of the molecule is Cc1ccc(S(=O)(=O)N2CCC[C@@H]2c2cnc(N3CCCCC3)cc2C)cc1. The topological polar surface area (TPSA) is 53.5 Å². The first-order valence-corrected chi connectivity index (χ1v) is 11.7. The summed E-state index contributed by atoms with van der Waals surface area (Å²) in [6, 6.07) is 9.15. The number of anilines is 1. The van der Waals surface area contributed by atoms with Gasteiger partial charge in [-0.3, -0.25) is 0 Å². The average molecular weight is 400 g/mol. The minimum absolute atomic E-state index is 0.130. The Kier molecular flexibility index (Phi) is 5.43. The molecule has 2 fully saturated rings. The maximum absolute atomic E-state index is 13.3. The molecular weight excluding hydrogens is 370 g/mol. The molecule has 4 rings (SSSR count). The van der Waals surface area contributed by atoms with Gasteiger partial charge in [-0.2, -0.15) is 4.31 Å². The molecule has 0 bridgehead atoms. The number of rotatable bonds is 4. The van der Waals surface area contributed by atoms with Gasteiger partial charge < -0.3 is 4.90 Å². The zero-order valence-corrected chi connectivity index (χ0v) is 17.6. The van der Waals surface area contributed by atoms with Crippen molar-refractivity contribution in [3.63, 3.8) is 0 Å². The molecule has 0 spiro atoms. The van der Waals surface area contributed by atoms with E-state index in [1.165, 1.54) is 19.3 Å². The number of pyridine rings is 1.